The van der Waals surface area contributed by atoms with Gasteiger partial charge in [0.05, 0.1) is 5.02 Å². The fraction of sp³-hybridized carbons (Fsp3) is 0.143. The summed E-state index contributed by atoms with van der Waals surface area (Å²) in [5.41, 5.74) is 1.58. The standard InChI is InChI=1S/C14H11BrClFO/c1-8-5-6-9(7-12(8)17)14(18)10-3-2-4-11(15)13(10)16/h2-7,14,18H,1H3. The molecule has 2 rings (SSSR count). The second-order valence-electron chi connectivity index (χ2n) is 4.05. The molecule has 2 aromatic rings. The van der Waals surface area contributed by atoms with Crippen LogP contribution in [0.2, 0.25) is 5.02 Å². The molecule has 0 aliphatic heterocycles. The summed E-state index contributed by atoms with van der Waals surface area (Å²) in [5, 5.41) is 10.7. The molecule has 0 aromatic heterocycles. The van der Waals surface area contributed by atoms with Gasteiger partial charge >= 0.3 is 0 Å². The minimum Gasteiger partial charge on any atom is -0.384 e. The maximum Gasteiger partial charge on any atom is 0.126 e. The van der Waals surface area contributed by atoms with Gasteiger partial charge in [0.15, 0.2) is 0 Å². The first-order chi connectivity index (χ1) is 8.50. The average Bonchev–Trinajstić information content (AvgIpc) is 2.35. The van der Waals surface area contributed by atoms with Gasteiger partial charge in [0.1, 0.15) is 11.9 Å². The van der Waals surface area contributed by atoms with E-state index in [0.717, 1.165) is 0 Å². The number of aryl methyl sites for hydroxylation is 1. The van der Waals surface area contributed by atoms with E-state index >= 15 is 0 Å². The summed E-state index contributed by atoms with van der Waals surface area (Å²) in [6.45, 7) is 1.68. The van der Waals surface area contributed by atoms with Gasteiger partial charge in [-0.3, -0.25) is 0 Å². The highest BCUT2D eigenvalue weighted by molar-refractivity contribution is 9.10. The van der Waals surface area contributed by atoms with Crippen LogP contribution < -0.4 is 0 Å². The Morgan fingerprint density at radius 1 is 1.28 bits per heavy atom. The van der Waals surface area contributed by atoms with Gasteiger partial charge in [-0.15, -0.1) is 0 Å². The van der Waals surface area contributed by atoms with E-state index in [1.54, 1.807) is 37.3 Å². The molecule has 0 bridgehead atoms. The van der Waals surface area contributed by atoms with Crippen molar-refractivity contribution in [3.05, 3.63) is 68.4 Å². The molecule has 1 N–H and O–H groups in total. The molecular formula is C14H11BrClFO. The van der Waals surface area contributed by atoms with Crippen LogP contribution in [0.15, 0.2) is 40.9 Å². The minimum atomic E-state index is -0.940. The first kappa shape index (κ1) is 13.5. The summed E-state index contributed by atoms with van der Waals surface area (Å²) in [7, 11) is 0. The predicted octanol–water partition coefficient (Wildman–Crippen LogP) is 4.63. The molecule has 0 saturated carbocycles. The molecule has 1 unspecified atom stereocenters. The number of halogens is 3. The average molecular weight is 330 g/mol. The van der Waals surface area contributed by atoms with Crippen molar-refractivity contribution in [2.75, 3.05) is 0 Å². The third-order valence-electron chi connectivity index (χ3n) is 2.79. The van der Waals surface area contributed by atoms with E-state index in [4.69, 9.17) is 11.6 Å². The molecular weight excluding hydrogens is 319 g/mol. The summed E-state index contributed by atoms with van der Waals surface area (Å²) in [6, 6.07) is 9.94. The Bertz CT molecular complexity index is 586. The highest BCUT2D eigenvalue weighted by Crippen LogP contribution is 2.33. The monoisotopic (exact) mass is 328 g/mol. The Hall–Kier alpha value is -0.900. The molecule has 18 heavy (non-hydrogen) atoms. The van der Waals surface area contributed by atoms with Crippen molar-refractivity contribution in [1.29, 1.82) is 0 Å². The lowest BCUT2D eigenvalue weighted by Gasteiger charge is -2.14. The van der Waals surface area contributed by atoms with Crippen LogP contribution in [-0.2, 0) is 0 Å². The normalized spacial score (nSPS) is 12.5. The van der Waals surface area contributed by atoms with Gasteiger partial charge in [-0.05, 0) is 46.1 Å². The fourth-order valence-electron chi connectivity index (χ4n) is 1.69. The highest BCUT2D eigenvalue weighted by atomic mass is 79.9. The van der Waals surface area contributed by atoms with Crippen molar-refractivity contribution in [2.24, 2.45) is 0 Å². The van der Waals surface area contributed by atoms with E-state index in [9.17, 15) is 9.50 Å². The topological polar surface area (TPSA) is 20.2 Å². The van der Waals surface area contributed by atoms with E-state index in [1.165, 1.54) is 6.07 Å². The number of hydrogen-bond acceptors (Lipinski definition) is 1. The van der Waals surface area contributed by atoms with Crippen LogP contribution in [-0.4, -0.2) is 5.11 Å². The molecule has 0 spiro atoms. The van der Waals surface area contributed by atoms with Gasteiger partial charge in [0.2, 0.25) is 0 Å². The second kappa shape index (κ2) is 5.39. The lowest BCUT2D eigenvalue weighted by Crippen LogP contribution is -2.02. The summed E-state index contributed by atoms with van der Waals surface area (Å²) in [5.74, 6) is -0.335. The quantitative estimate of drug-likeness (QED) is 0.851. The van der Waals surface area contributed by atoms with E-state index in [2.05, 4.69) is 15.9 Å². The van der Waals surface area contributed by atoms with Crippen LogP contribution in [0.3, 0.4) is 0 Å². The molecule has 0 fully saturated rings. The molecule has 2 aromatic carbocycles. The zero-order valence-electron chi connectivity index (χ0n) is 9.62. The Labute approximate surface area is 118 Å². The maximum atomic E-state index is 13.5. The van der Waals surface area contributed by atoms with Gasteiger partial charge in [-0.2, -0.15) is 0 Å². The third kappa shape index (κ3) is 2.58. The SMILES string of the molecule is Cc1ccc(C(O)c2cccc(Br)c2Cl)cc1F. The van der Waals surface area contributed by atoms with Gasteiger partial charge in [0.25, 0.3) is 0 Å². The minimum absolute atomic E-state index is 0.335. The Morgan fingerprint density at radius 2 is 2.00 bits per heavy atom. The molecule has 0 aliphatic rings. The van der Waals surface area contributed by atoms with Crippen LogP contribution in [0.1, 0.15) is 22.8 Å². The molecule has 94 valence electrons. The van der Waals surface area contributed by atoms with Crippen molar-refractivity contribution < 1.29 is 9.50 Å². The third-order valence-corrected chi connectivity index (χ3v) is 4.10. The van der Waals surface area contributed by atoms with Crippen molar-refractivity contribution in [3.8, 4) is 0 Å². The molecule has 0 heterocycles. The number of aliphatic hydroxyl groups is 1. The maximum absolute atomic E-state index is 13.5. The van der Waals surface area contributed by atoms with Crippen LogP contribution >= 0.6 is 27.5 Å². The highest BCUT2D eigenvalue weighted by Gasteiger charge is 2.16. The second-order valence-corrected chi connectivity index (χ2v) is 5.29. The largest absolute Gasteiger partial charge is 0.384 e. The summed E-state index contributed by atoms with van der Waals surface area (Å²) >= 11 is 9.40. The summed E-state index contributed by atoms with van der Waals surface area (Å²) in [4.78, 5) is 0. The number of benzene rings is 2. The fourth-order valence-corrected chi connectivity index (χ4v) is 2.30. The van der Waals surface area contributed by atoms with E-state index in [0.29, 0.717) is 26.2 Å². The van der Waals surface area contributed by atoms with Crippen LogP contribution in [0, 0.1) is 12.7 Å². The predicted molar refractivity (Wildman–Crippen MR) is 74.4 cm³/mol. The van der Waals surface area contributed by atoms with Crippen LogP contribution in [0.5, 0.6) is 0 Å². The zero-order valence-corrected chi connectivity index (χ0v) is 12.0. The molecule has 0 aliphatic carbocycles. The Balaban J connectivity index is 2.44. The van der Waals surface area contributed by atoms with Crippen molar-refractivity contribution in [3.63, 3.8) is 0 Å². The van der Waals surface area contributed by atoms with Crippen molar-refractivity contribution >= 4 is 27.5 Å². The number of hydrogen-bond donors (Lipinski definition) is 1. The first-order valence-electron chi connectivity index (χ1n) is 5.38. The van der Waals surface area contributed by atoms with Crippen molar-refractivity contribution in [1.82, 2.24) is 0 Å². The lowest BCUT2D eigenvalue weighted by atomic mass is 10.0. The summed E-state index contributed by atoms with van der Waals surface area (Å²) in [6.07, 6.45) is -0.940. The molecule has 4 heteroatoms. The molecule has 1 atom stereocenters. The van der Waals surface area contributed by atoms with E-state index in [1.807, 2.05) is 0 Å². The Kier molecular flexibility index (Phi) is 4.05. The lowest BCUT2D eigenvalue weighted by molar-refractivity contribution is 0.220. The number of aliphatic hydroxyl groups excluding tert-OH is 1. The summed E-state index contributed by atoms with van der Waals surface area (Å²) < 4.78 is 14.2. The van der Waals surface area contributed by atoms with Gasteiger partial charge in [0, 0.05) is 10.0 Å². The van der Waals surface area contributed by atoms with Crippen molar-refractivity contribution in [2.45, 2.75) is 13.0 Å². The molecule has 0 amide bonds. The zero-order chi connectivity index (χ0) is 13.3. The van der Waals surface area contributed by atoms with E-state index < -0.39 is 6.10 Å². The molecule has 0 saturated heterocycles. The van der Waals surface area contributed by atoms with Crippen LogP contribution in [0.25, 0.3) is 0 Å². The van der Waals surface area contributed by atoms with E-state index in [-0.39, 0.29) is 5.82 Å². The smallest absolute Gasteiger partial charge is 0.126 e. The Morgan fingerprint density at radius 3 is 2.67 bits per heavy atom. The van der Waals surface area contributed by atoms with Crippen LogP contribution in [0.4, 0.5) is 4.39 Å². The number of rotatable bonds is 2. The van der Waals surface area contributed by atoms with Gasteiger partial charge in [-0.1, -0.05) is 35.9 Å². The van der Waals surface area contributed by atoms with Gasteiger partial charge in [-0.25, -0.2) is 4.39 Å². The molecule has 0 radical (unpaired) electrons. The van der Waals surface area contributed by atoms with Gasteiger partial charge < -0.3 is 5.11 Å². The first-order valence-corrected chi connectivity index (χ1v) is 6.56. The molecule has 1 nitrogen and oxygen atoms in total.